The Morgan fingerprint density at radius 1 is 1.10 bits per heavy atom. The van der Waals surface area contributed by atoms with Crippen molar-refractivity contribution in [3.8, 4) is 11.5 Å². The van der Waals surface area contributed by atoms with E-state index in [4.69, 9.17) is 33.3 Å². The van der Waals surface area contributed by atoms with Gasteiger partial charge in [0.1, 0.15) is 11.5 Å². The van der Waals surface area contributed by atoms with E-state index >= 15 is 0 Å². The van der Waals surface area contributed by atoms with Gasteiger partial charge in [-0.2, -0.15) is 0 Å². The zero-order chi connectivity index (χ0) is 21.9. The molecule has 0 saturated carbocycles. The molecule has 0 unspecified atom stereocenters. The van der Waals surface area contributed by atoms with Gasteiger partial charge in [0.15, 0.2) is 11.7 Å². The van der Waals surface area contributed by atoms with Gasteiger partial charge in [-0.3, -0.25) is 25.8 Å². The molecular weight excluding hydrogens is 494 g/mol. The molecule has 2 aromatic rings. The molecule has 7 nitrogen and oxygen atoms in total. The summed E-state index contributed by atoms with van der Waals surface area (Å²) in [5.41, 5.74) is 5.20. The first kappa shape index (κ1) is 23.9. The van der Waals surface area contributed by atoms with E-state index in [2.05, 4.69) is 39.0 Å². The summed E-state index contributed by atoms with van der Waals surface area (Å²) < 4.78 is 11.6. The van der Waals surface area contributed by atoms with E-state index in [1.807, 2.05) is 0 Å². The van der Waals surface area contributed by atoms with Crippen LogP contribution in [0.4, 0.5) is 0 Å². The Morgan fingerprint density at radius 2 is 1.83 bits per heavy atom. The van der Waals surface area contributed by atoms with Crippen molar-refractivity contribution >= 4 is 56.7 Å². The van der Waals surface area contributed by atoms with Crippen molar-refractivity contribution in [3.63, 3.8) is 0 Å². The monoisotopic (exact) mass is 513 g/mol. The Kier molecular flexibility index (Phi) is 9.85. The van der Waals surface area contributed by atoms with Crippen LogP contribution in [-0.4, -0.2) is 30.1 Å². The number of nitrogens with one attached hydrogen (secondary N) is 3. The van der Waals surface area contributed by atoms with E-state index in [0.717, 1.165) is 12.8 Å². The first-order chi connectivity index (χ1) is 14.4. The molecule has 10 heteroatoms. The number of thiocarbonyl (C=S) groups is 1. The third-order valence-electron chi connectivity index (χ3n) is 3.68. The van der Waals surface area contributed by atoms with Gasteiger partial charge in [-0.1, -0.05) is 24.9 Å². The Morgan fingerprint density at radius 3 is 2.50 bits per heavy atom. The second-order valence-corrected chi connectivity index (χ2v) is 7.75. The molecule has 0 spiro atoms. The lowest BCUT2D eigenvalue weighted by molar-refractivity contribution is -0.123. The van der Waals surface area contributed by atoms with Gasteiger partial charge in [0.25, 0.3) is 11.8 Å². The molecule has 2 amide bonds. The number of ether oxygens (including phenoxy) is 2. The molecule has 2 rings (SSSR count). The molecule has 0 aromatic heterocycles. The fourth-order valence-corrected chi connectivity index (χ4v) is 3.08. The molecule has 3 N–H and O–H groups in total. The third kappa shape index (κ3) is 8.17. The quantitative estimate of drug-likeness (QED) is 0.280. The molecule has 30 heavy (non-hydrogen) atoms. The minimum atomic E-state index is -0.484. The summed E-state index contributed by atoms with van der Waals surface area (Å²) in [6.07, 6.45) is 2.02. The second kappa shape index (κ2) is 12.4. The highest BCUT2D eigenvalue weighted by atomic mass is 79.9. The Balaban J connectivity index is 1.72. The minimum Gasteiger partial charge on any atom is -0.494 e. The number of hydrazine groups is 1. The van der Waals surface area contributed by atoms with Gasteiger partial charge in [-0.15, -0.1) is 0 Å². The van der Waals surface area contributed by atoms with Crippen molar-refractivity contribution < 1.29 is 19.1 Å². The number of carbonyl (C=O) groups excluding carboxylic acids is 2. The number of unbranched alkanes of at least 4 members (excludes halogenated alkanes) is 1. The maximum atomic E-state index is 12.2. The zero-order valence-corrected chi connectivity index (χ0v) is 19.3. The molecule has 0 aliphatic carbocycles. The van der Waals surface area contributed by atoms with Crippen LogP contribution in [0.5, 0.6) is 11.5 Å². The van der Waals surface area contributed by atoms with Gasteiger partial charge < -0.3 is 9.47 Å². The number of benzene rings is 2. The normalized spacial score (nSPS) is 10.1. The van der Waals surface area contributed by atoms with Crippen LogP contribution in [0.3, 0.4) is 0 Å². The maximum Gasteiger partial charge on any atom is 0.276 e. The summed E-state index contributed by atoms with van der Waals surface area (Å²) in [6.45, 7) is 2.46. The molecule has 0 bridgehead atoms. The molecule has 0 fully saturated rings. The number of amides is 2. The first-order valence-electron chi connectivity index (χ1n) is 9.10. The summed E-state index contributed by atoms with van der Waals surface area (Å²) in [6, 6.07) is 11.6. The van der Waals surface area contributed by atoms with Crippen molar-refractivity contribution in [1.29, 1.82) is 0 Å². The highest BCUT2D eigenvalue weighted by Crippen LogP contribution is 2.27. The van der Waals surface area contributed by atoms with Gasteiger partial charge in [0, 0.05) is 10.6 Å². The van der Waals surface area contributed by atoms with Gasteiger partial charge in [0.05, 0.1) is 11.1 Å². The number of carbonyl (C=O) groups is 2. The van der Waals surface area contributed by atoms with E-state index in [0.29, 0.717) is 33.2 Å². The largest absolute Gasteiger partial charge is 0.494 e. The average molecular weight is 515 g/mol. The molecule has 0 aliphatic rings. The van der Waals surface area contributed by atoms with Crippen LogP contribution in [0.15, 0.2) is 46.9 Å². The van der Waals surface area contributed by atoms with Crippen LogP contribution in [0, 0.1) is 0 Å². The Bertz CT molecular complexity index is 896. The Hall–Kier alpha value is -2.36. The molecule has 2 aromatic carbocycles. The number of hydrogen-bond acceptors (Lipinski definition) is 5. The van der Waals surface area contributed by atoms with Gasteiger partial charge in [-0.25, -0.2) is 0 Å². The minimum absolute atomic E-state index is 0.0516. The molecule has 0 radical (unpaired) electrons. The van der Waals surface area contributed by atoms with Gasteiger partial charge >= 0.3 is 0 Å². The topological polar surface area (TPSA) is 88.7 Å². The summed E-state index contributed by atoms with van der Waals surface area (Å²) in [5.74, 6) is 0.262. The summed E-state index contributed by atoms with van der Waals surface area (Å²) in [7, 11) is 0. The lowest BCUT2D eigenvalue weighted by Gasteiger charge is -2.12. The van der Waals surface area contributed by atoms with E-state index in [9.17, 15) is 9.59 Å². The van der Waals surface area contributed by atoms with Crippen molar-refractivity contribution in [3.05, 3.63) is 57.5 Å². The van der Waals surface area contributed by atoms with Crippen molar-refractivity contribution in [2.45, 2.75) is 19.8 Å². The lowest BCUT2D eigenvalue weighted by atomic mass is 10.2. The summed E-state index contributed by atoms with van der Waals surface area (Å²) in [4.78, 5) is 24.1. The van der Waals surface area contributed by atoms with Crippen LogP contribution in [0.1, 0.15) is 30.1 Å². The molecule has 0 atom stereocenters. The molecule has 160 valence electrons. The average Bonchev–Trinajstić information content (AvgIpc) is 2.72. The van der Waals surface area contributed by atoms with Gasteiger partial charge in [0.2, 0.25) is 0 Å². The molecular formula is C20H21BrClN3O4S. The standard InChI is InChI=1S/C20H21BrClN3O4S/c1-2-3-10-28-15-7-4-13(5-8-15)19(27)23-20(30)25-24-18(26)12-29-17-9-6-14(22)11-16(17)21/h4-9,11H,2-3,10,12H2,1H3,(H,24,26)(H2,23,25,27,30). The number of rotatable bonds is 8. The lowest BCUT2D eigenvalue weighted by Crippen LogP contribution is -2.49. The molecule has 0 heterocycles. The Labute approximate surface area is 193 Å². The van der Waals surface area contributed by atoms with Crippen molar-refractivity contribution in [2.24, 2.45) is 0 Å². The molecule has 0 aliphatic heterocycles. The van der Waals surface area contributed by atoms with Gasteiger partial charge in [-0.05, 0) is 77.0 Å². The van der Waals surface area contributed by atoms with E-state index in [1.165, 1.54) is 0 Å². The fourth-order valence-electron chi connectivity index (χ4n) is 2.14. The number of halogens is 2. The van der Waals surface area contributed by atoms with Crippen LogP contribution in [0.25, 0.3) is 0 Å². The first-order valence-corrected chi connectivity index (χ1v) is 10.7. The second-order valence-electron chi connectivity index (χ2n) is 6.05. The van der Waals surface area contributed by atoms with Crippen molar-refractivity contribution in [1.82, 2.24) is 16.2 Å². The van der Waals surface area contributed by atoms with Crippen LogP contribution in [0.2, 0.25) is 5.02 Å². The zero-order valence-electron chi connectivity index (χ0n) is 16.2. The maximum absolute atomic E-state index is 12.2. The van der Waals surface area contributed by atoms with Crippen LogP contribution >= 0.6 is 39.7 Å². The summed E-state index contributed by atoms with van der Waals surface area (Å²) >= 11 is 14.2. The smallest absolute Gasteiger partial charge is 0.276 e. The van der Waals surface area contributed by atoms with E-state index in [-0.39, 0.29) is 11.7 Å². The third-order valence-corrected chi connectivity index (χ3v) is 4.74. The van der Waals surface area contributed by atoms with Crippen LogP contribution in [-0.2, 0) is 4.79 Å². The number of hydrogen-bond donors (Lipinski definition) is 3. The van der Waals surface area contributed by atoms with E-state index in [1.54, 1.807) is 42.5 Å². The SMILES string of the molecule is CCCCOc1ccc(C(=O)NC(=S)NNC(=O)COc2ccc(Cl)cc2Br)cc1. The fraction of sp³-hybridized carbons (Fsp3) is 0.250. The highest BCUT2D eigenvalue weighted by Gasteiger charge is 2.10. The molecule has 0 saturated heterocycles. The van der Waals surface area contributed by atoms with Crippen molar-refractivity contribution in [2.75, 3.05) is 13.2 Å². The highest BCUT2D eigenvalue weighted by molar-refractivity contribution is 9.10. The van der Waals surface area contributed by atoms with Crippen LogP contribution < -0.4 is 25.6 Å². The predicted molar refractivity (Wildman–Crippen MR) is 123 cm³/mol. The summed E-state index contributed by atoms with van der Waals surface area (Å²) in [5, 5.41) is 2.97. The van der Waals surface area contributed by atoms with E-state index < -0.39 is 11.8 Å². The predicted octanol–water partition coefficient (Wildman–Crippen LogP) is 4.00.